The first-order chi connectivity index (χ1) is 7.33. The Labute approximate surface area is 90.2 Å². The third-order valence-electron chi connectivity index (χ3n) is 1.88. The van der Waals surface area contributed by atoms with Crippen LogP contribution in [0, 0.1) is 11.3 Å². The van der Waals surface area contributed by atoms with Crippen LogP contribution in [0.5, 0.6) is 5.75 Å². The number of hydrogen-bond acceptors (Lipinski definition) is 3. The molecule has 15 heavy (non-hydrogen) atoms. The second-order valence-corrected chi connectivity index (χ2v) is 3.21. The second kappa shape index (κ2) is 6.86. The lowest BCUT2D eigenvalue weighted by Gasteiger charge is -2.10. The van der Waals surface area contributed by atoms with Crippen LogP contribution in [0.2, 0.25) is 0 Å². The van der Waals surface area contributed by atoms with Gasteiger partial charge in [0.05, 0.1) is 25.2 Å². The van der Waals surface area contributed by atoms with Gasteiger partial charge in [-0.3, -0.25) is 0 Å². The van der Waals surface area contributed by atoms with Gasteiger partial charge < -0.3 is 9.47 Å². The lowest BCUT2D eigenvalue weighted by Crippen LogP contribution is -2.13. The van der Waals surface area contributed by atoms with E-state index in [2.05, 4.69) is 6.07 Å². The highest BCUT2D eigenvalue weighted by Gasteiger charge is 2.00. The van der Waals surface area contributed by atoms with Crippen molar-refractivity contribution < 1.29 is 9.47 Å². The summed E-state index contributed by atoms with van der Waals surface area (Å²) < 4.78 is 10.8. The number of ether oxygens (including phenoxy) is 2. The van der Waals surface area contributed by atoms with E-state index >= 15 is 0 Å². The number of rotatable bonds is 6. The summed E-state index contributed by atoms with van der Waals surface area (Å²) in [7, 11) is 0. The molecule has 0 saturated carbocycles. The molecule has 0 bridgehead atoms. The average Bonchev–Trinajstić information content (AvgIpc) is 2.26. The number of para-hydroxylation sites is 1. The predicted octanol–water partition coefficient (Wildman–Crippen LogP) is 2.38. The summed E-state index contributed by atoms with van der Waals surface area (Å²) in [5.74, 6) is 0.842. The minimum Gasteiger partial charge on any atom is -0.491 e. The Morgan fingerprint density at radius 3 is 2.67 bits per heavy atom. The molecule has 3 nitrogen and oxygen atoms in total. The van der Waals surface area contributed by atoms with Crippen LogP contribution in [-0.4, -0.2) is 19.3 Å². The maximum Gasteiger partial charge on any atom is 0.119 e. The van der Waals surface area contributed by atoms with Crippen LogP contribution < -0.4 is 4.74 Å². The van der Waals surface area contributed by atoms with Crippen LogP contribution in [0.25, 0.3) is 0 Å². The summed E-state index contributed by atoms with van der Waals surface area (Å²) in [5.41, 5.74) is 0. The van der Waals surface area contributed by atoms with Gasteiger partial charge in [0.2, 0.25) is 0 Å². The molecule has 0 amide bonds. The summed E-state index contributed by atoms with van der Waals surface area (Å²) >= 11 is 0. The fourth-order valence-corrected chi connectivity index (χ4v) is 1.11. The topological polar surface area (TPSA) is 42.2 Å². The zero-order valence-corrected chi connectivity index (χ0v) is 8.85. The van der Waals surface area contributed by atoms with Gasteiger partial charge in [-0.2, -0.15) is 5.26 Å². The third kappa shape index (κ3) is 5.04. The minimum atomic E-state index is -0.0191. The minimum absolute atomic E-state index is 0.0191. The Bertz CT molecular complexity index is 305. The van der Waals surface area contributed by atoms with Gasteiger partial charge in [-0.1, -0.05) is 18.2 Å². The molecule has 0 spiro atoms. The van der Waals surface area contributed by atoms with Gasteiger partial charge in [0, 0.05) is 0 Å². The molecule has 1 aromatic carbocycles. The molecule has 1 atom stereocenters. The zero-order chi connectivity index (χ0) is 10.9. The van der Waals surface area contributed by atoms with Crippen molar-refractivity contribution in [2.45, 2.75) is 19.4 Å². The van der Waals surface area contributed by atoms with E-state index in [1.165, 1.54) is 0 Å². The molecule has 80 valence electrons. The summed E-state index contributed by atoms with van der Waals surface area (Å²) in [6.45, 7) is 2.91. The van der Waals surface area contributed by atoms with Crippen LogP contribution in [0.15, 0.2) is 30.3 Å². The third-order valence-corrected chi connectivity index (χ3v) is 1.88. The molecule has 0 fully saturated rings. The highest BCUT2D eigenvalue weighted by atomic mass is 16.5. The molecular weight excluding hydrogens is 190 g/mol. The lowest BCUT2D eigenvalue weighted by molar-refractivity contribution is 0.0473. The first-order valence-corrected chi connectivity index (χ1v) is 4.99. The highest BCUT2D eigenvalue weighted by molar-refractivity contribution is 5.20. The van der Waals surface area contributed by atoms with Crippen molar-refractivity contribution in [2.24, 2.45) is 0 Å². The molecule has 0 aliphatic carbocycles. The number of nitrogens with zero attached hydrogens (tertiary/aromatic N) is 1. The summed E-state index contributed by atoms with van der Waals surface area (Å²) in [6, 6.07) is 11.7. The Hall–Kier alpha value is -1.53. The number of nitriles is 1. The Morgan fingerprint density at radius 2 is 2.00 bits per heavy atom. The van der Waals surface area contributed by atoms with Crippen LogP contribution >= 0.6 is 0 Å². The van der Waals surface area contributed by atoms with Crippen molar-refractivity contribution in [3.8, 4) is 11.8 Å². The largest absolute Gasteiger partial charge is 0.491 e. The quantitative estimate of drug-likeness (QED) is 0.669. The molecule has 1 rings (SSSR count). The van der Waals surface area contributed by atoms with E-state index in [-0.39, 0.29) is 6.10 Å². The zero-order valence-electron chi connectivity index (χ0n) is 8.85. The van der Waals surface area contributed by atoms with E-state index in [1.54, 1.807) is 0 Å². The maximum absolute atomic E-state index is 8.41. The van der Waals surface area contributed by atoms with E-state index in [0.29, 0.717) is 19.6 Å². The number of hydrogen-bond donors (Lipinski definition) is 0. The molecule has 3 heteroatoms. The Kier molecular flexibility index (Phi) is 5.28. The molecule has 0 radical (unpaired) electrons. The molecule has 1 aromatic rings. The van der Waals surface area contributed by atoms with Gasteiger partial charge >= 0.3 is 0 Å². The monoisotopic (exact) mass is 205 g/mol. The van der Waals surface area contributed by atoms with Crippen molar-refractivity contribution >= 4 is 0 Å². The van der Waals surface area contributed by atoms with Gasteiger partial charge in [0.25, 0.3) is 0 Å². The molecule has 0 aliphatic rings. The standard InChI is InChI=1S/C12H15NO2/c1-11(7-8-13)14-9-10-15-12-5-3-2-4-6-12/h2-6,11H,7,9-10H2,1H3. The molecule has 0 aromatic heterocycles. The first-order valence-electron chi connectivity index (χ1n) is 4.99. The molecule has 1 unspecified atom stereocenters. The first kappa shape index (κ1) is 11.5. The van der Waals surface area contributed by atoms with Crippen LogP contribution in [0.4, 0.5) is 0 Å². The van der Waals surface area contributed by atoms with E-state index in [4.69, 9.17) is 14.7 Å². The average molecular weight is 205 g/mol. The van der Waals surface area contributed by atoms with Crippen LogP contribution in [0.1, 0.15) is 13.3 Å². The van der Waals surface area contributed by atoms with Crippen molar-refractivity contribution in [2.75, 3.05) is 13.2 Å². The fraction of sp³-hybridized carbons (Fsp3) is 0.417. The Balaban J connectivity index is 2.10. The van der Waals surface area contributed by atoms with E-state index in [0.717, 1.165) is 5.75 Å². The van der Waals surface area contributed by atoms with Gasteiger partial charge in [-0.25, -0.2) is 0 Å². The summed E-state index contributed by atoms with van der Waals surface area (Å²) in [5, 5.41) is 8.41. The molecular formula is C12H15NO2. The molecule has 0 aliphatic heterocycles. The highest BCUT2D eigenvalue weighted by Crippen LogP contribution is 2.07. The van der Waals surface area contributed by atoms with Gasteiger partial charge in [-0.05, 0) is 19.1 Å². The summed E-state index contributed by atoms with van der Waals surface area (Å²) in [4.78, 5) is 0. The fourth-order valence-electron chi connectivity index (χ4n) is 1.11. The van der Waals surface area contributed by atoms with E-state index in [9.17, 15) is 0 Å². The van der Waals surface area contributed by atoms with Crippen molar-refractivity contribution in [1.82, 2.24) is 0 Å². The SMILES string of the molecule is CC(CC#N)OCCOc1ccccc1. The van der Waals surface area contributed by atoms with Crippen LogP contribution in [-0.2, 0) is 4.74 Å². The van der Waals surface area contributed by atoms with E-state index < -0.39 is 0 Å². The van der Waals surface area contributed by atoms with Crippen LogP contribution in [0.3, 0.4) is 0 Å². The normalized spacial score (nSPS) is 11.7. The molecule has 0 saturated heterocycles. The van der Waals surface area contributed by atoms with Gasteiger partial charge in [-0.15, -0.1) is 0 Å². The predicted molar refractivity (Wildman–Crippen MR) is 57.6 cm³/mol. The van der Waals surface area contributed by atoms with Gasteiger partial charge in [0.1, 0.15) is 12.4 Å². The summed E-state index contributed by atoms with van der Waals surface area (Å²) in [6.07, 6.45) is 0.403. The number of benzene rings is 1. The van der Waals surface area contributed by atoms with Crippen molar-refractivity contribution in [3.63, 3.8) is 0 Å². The van der Waals surface area contributed by atoms with Crippen molar-refractivity contribution in [3.05, 3.63) is 30.3 Å². The maximum atomic E-state index is 8.41. The van der Waals surface area contributed by atoms with Crippen molar-refractivity contribution in [1.29, 1.82) is 5.26 Å². The second-order valence-electron chi connectivity index (χ2n) is 3.21. The Morgan fingerprint density at radius 1 is 1.27 bits per heavy atom. The van der Waals surface area contributed by atoms with Gasteiger partial charge in [0.15, 0.2) is 0 Å². The molecule has 0 heterocycles. The van der Waals surface area contributed by atoms with E-state index in [1.807, 2.05) is 37.3 Å². The molecule has 0 N–H and O–H groups in total. The lowest BCUT2D eigenvalue weighted by atomic mass is 10.3. The smallest absolute Gasteiger partial charge is 0.119 e.